The molecule has 4 rings (SSSR count). The molecule has 25 heavy (non-hydrogen) atoms. The molecule has 0 unspecified atom stereocenters. The molecule has 0 atom stereocenters. The number of amides is 1. The Morgan fingerprint density at radius 2 is 2.08 bits per heavy atom. The molecule has 1 aliphatic heterocycles. The van der Waals surface area contributed by atoms with E-state index in [0.29, 0.717) is 13.2 Å². The fourth-order valence-electron chi connectivity index (χ4n) is 3.81. The summed E-state index contributed by atoms with van der Waals surface area (Å²) in [6, 6.07) is 14.9. The van der Waals surface area contributed by atoms with Crippen molar-refractivity contribution in [3.8, 4) is 17.0 Å². The van der Waals surface area contributed by atoms with Crippen molar-refractivity contribution in [2.24, 2.45) is 0 Å². The Kier molecular flexibility index (Phi) is 3.96. The van der Waals surface area contributed by atoms with Crippen LogP contribution in [0.15, 0.2) is 42.5 Å². The second kappa shape index (κ2) is 6.28. The summed E-state index contributed by atoms with van der Waals surface area (Å²) in [4.78, 5) is 11.3. The van der Waals surface area contributed by atoms with Crippen LogP contribution in [0.25, 0.3) is 22.2 Å². The number of ether oxygens (including phenoxy) is 1. The minimum atomic E-state index is 0.00978. The average Bonchev–Trinajstić information content (AvgIpc) is 3.10. The van der Waals surface area contributed by atoms with Crippen LogP contribution >= 0.6 is 0 Å². The molecular weight excluding hydrogens is 312 g/mol. The van der Waals surface area contributed by atoms with E-state index in [1.165, 1.54) is 33.3 Å². The van der Waals surface area contributed by atoms with Crippen molar-refractivity contribution >= 4 is 16.8 Å². The molecule has 128 valence electrons. The standard InChI is InChI=1S/C21H22N2O2/c1-3-25-16-8-9-20-19(12-16)18(10-11-22-14(2)24)21-17-7-5-4-6-15(17)13-23(20)21/h4-9,12H,3,10-11,13H2,1-2H3,(H,22,24). The summed E-state index contributed by atoms with van der Waals surface area (Å²) in [6.45, 7) is 5.75. The summed E-state index contributed by atoms with van der Waals surface area (Å²) >= 11 is 0. The molecule has 3 aromatic rings. The lowest BCUT2D eigenvalue weighted by molar-refractivity contribution is -0.118. The molecule has 1 N–H and O–H groups in total. The topological polar surface area (TPSA) is 43.3 Å². The van der Waals surface area contributed by atoms with Crippen molar-refractivity contribution in [1.29, 1.82) is 0 Å². The zero-order valence-electron chi connectivity index (χ0n) is 14.6. The normalized spacial score (nSPS) is 12.1. The van der Waals surface area contributed by atoms with Crippen molar-refractivity contribution in [2.75, 3.05) is 13.2 Å². The fourth-order valence-corrected chi connectivity index (χ4v) is 3.81. The van der Waals surface area contributed by atoms with Gasteiger partial charge in [0.15, 0.2) is 0 Å². The summed E-state index contributed by atoms with van der Waals surface area (Å²) in [5, 5.41) is 4.15. The molecular formula is C21H22N2O2. The molecule has 2 heterocycles. The van der Waals surface area contributed by atoms with Crippen LogP contribution in [0.2, 0.25) is 0 Å². The van der Waals surface area contributed by atoms with Gasteiger partial charge < -0.3 is 14.6 Å². The largest absolute Gasteiger partial charge is 0.494 e. The van der Waals surface area contributed by atoms with Crippen LogP contribution in [-0.4, -0.2) is 23.6 Å². The van der Waals surface area contributed by atoms with Gasteiger partial charge in [-0.1, -0.05) is 24.3 Å². The van der Waals surface area contributed by atoms with Crippen LogP contribution in [0.5, 0.6) is 5.75 Å². The molecule has 4 heteroatoms. The van der Waals surface area contributed by atoms with Crippen LogP contribution in [0.3, 0.4) is 0 Å². The third-order valence-corrected chi connectivity index (χ3v) is 4.80. The van der Waals surface area contributed by atoms with Crippen LogP contribution in [0, 0.1) is 0 Å². The molecule has 0 saturated carbocycles. The average molecular weight is 334 g/mol. The third-order valence-electron chi connectivity index (χ3n) is 4.80. The minimum Gasteiger partial charge on any atom is -0.494 e. The number of rotatable bonds is 5. The molecule has 0 radical (unpaired) electrons. The highest BCUT2D eigenvalue weighted by Crippen LogP contribution is 2.42. The molecule has 0 saturated heterocycles. The zero-order chi connectivity index (χ0) is 17.4. The quantitative estimate of drug-likeness (QED) is 0.604. The Labute approximate surface area is 147 Å². The zero-order valence-corrected chi connectivity index (χ0v) is 14.6. The van der Waals surface area contributed by atoms with E-state index in [1.54, 1.807) is 6.92 Å². The van der Waals surface area contributed by atoms with Crippen molar-refractivity contribution in [3.63, 3.8) is 0 Å². The predicted octanol–water partition coefficient (Wildman–Crippen LogP) is 3.75. The highest BCUT2D eigenvalue weighted by atomic mass is 16.5. The second-order valence-corrected chi connectivity index (χ2v) is 6.42. The Hall–Kier alpha value is -2.75. The number of benzene rings is 2. The number of nitrogens with one attached hydrogen (secondary N) is 1. The van der Waals surface area contributed by atoms with E-state index in [0.717, 1.165) is 18.7 Å². The molecule has 4 nitrogen and oxygen atoms in total. The Morgan fingerprint density at radius 1 is 1.24 bits per heavy atom. The van der Waals surface area contributed by atoms with Gasteiger partial charge in [-0.05, 0) is 42.7 Å². The van der Waals surface area contributed by atoms with E-state index < -0.39 is 0 Å². The van der Waals surface area contributed by atoms with Crippen molar-refractivity contribution in [2.45, 2.75) is 26.8 Å². The highest BCUT2D eigenvalue weighted by molar-refractivity contribution is 5.95. The molecule has 0 fully saturated rings. The van der Waals surface area contributed by atoms with E-state index in [2.05, 4.69) is 46.3 Å². The van der Waals surface area contributed by atoms with E-state index in [9.17, 15) is 4.79 Å². The van der Waals surface area contributed by atoms with Gasteiger partial charge in [-0.25, -0.2) is 0 Å². The van der Waals surface area contributed by atoms with Gasteiger partial charge in [-0.15, -0.1) is 0 Å². The van der Waals surface area contributed by atoms with Crippen molar-refractivity contribution < 1.29 is 9.53 Å². The predicted molar refractivity (Wildman–Crippen MR) is 100 cm³/mol. The maximum Gasteiger partial charge on any atom is 0.216 e. The number of nitrogens with zero attached hydrogens (tertiary/aromatic N) is 1. The van der Waals surface area contributed by atoms with Gasteiger partial charge in [0.1, 0.15) is 5.75 Å². The number of fused-ring (bicyclic) bond motifs is 5. The first kappa shape index (κ1) is 15.8. The van der Waals surface area contributed by atoms with Crippen LogP contribution in [0.1, 0.15) is 25.0 Å². The van der Waals surface area contributed by atoms with Gasteiger partial charge in [-0.2, -0.15) is 0 Å². The van der Waals surface area contributed by atoms with Gasteiger partial charge >= 0.3 is 0 Å². The first-order chi connectivity index (χ1) is 12.2. The lowest BCUT2D eigenvalue weighted by atomic mass is 10.00. The number of carbonyl (C=O) groups is 1. The Balaban J connectivity index is 1.86. The van der Waals surface area contributed by atoms with Crippen molar-refractivity contribution in [1.82, 2.24) is 9.88 Å². The number of hydrogen-bond donors (Lipinski definition) is 1. The minimum absolute atomic E-state index is 0.00978. The van der Waals surface area contributed by atoms with E-state index in [1.807, 2.05) is 13.0 Å². The monoisotopic (exact) mass is 334 g/mol. The van der Waals surface area contributed by atoms with E-state index in [4.69, 9.17) is 4.74 Å². The first-order valence-corrected chi connectivity index (χ1v) is 8.79. The SMILES string of the molecule is CCOc1ccc2c(c1)c(CCNC(C)=O)c1n2Cc2ccccc2-1. The summed E-state index contributed by atoms with van der Waals surface area (Å²) in [6.07, 6.45) is 0.808. The van der Waals surface area contributed by atoms with Crippen LogP contribution < -0.4 is 10.1 Å². The summed E-state index contributed by atoms with van der Waals surface area (Å²) in [5.41, 5.74) is 6.45. The lowest BCUT2D eigenvalue weighted by Gasteiger charge is -2.07. The smallest absolute Gasteiger partial charge is 0.216 e. The molecule has 0 spiro atoms. The molecule has 1 aromatic heterocycles. The third kappa shape index (κ3) is 2.68. The van der Waals surface area contributed by atoms with Gasteiger partial charge in [0.05, 0.1) is 12.3 Å². The van der Waals surface area contributed by atoms with Crippen LogP contribution in [0.4, 0.5) is 0 Å². The highest BCUT2D eigenvalue weighted by Gasteiger charge is 2.25. The van der Waals surface area contributed by atoms with Gasteiger partial charge in [0.25, 0.3) is 0 Å². The second-order valence-electron chi connectivity index (χ2n) is 6.42. The number of aromatic nitrogens is 1. The van der Waals surface area contributed by atoms with Crippen LogP contribution in [-0.2, 0) is 17.8 Å². The summed E-state index contributed by atoms with van der Waals surface area (Å²) < 4.78 is 8.09. The summed E-state index contributed by atoms with van der Waals surface area (Å²) in [7, 11) is 0. The van der Waals surface area contributed by atoms with Gasteiger partial charge in [0.2, 0.25) is 5.91 Å². The maximum absolute atomic E-state index is 11.3. The van der Waals surface area contributed by atoms with Gasteiger partial charge in [-0.3, -0.25) is 4.79 Å². The Morgan fingerprint density at radius 3 is 2.88 bits per heavy atom. The fraction of sp³-hybridized carbons (Fsp3) is 0.286. The van der Waals surface area contributed by atoms with Gasteiger partial charge in [0, 0.05) is 36.5 Å². The molecule has 0 bridgehead atoms. The Bertz CT molecular complexity index is 956. The molecule has 1 amide bonds. The lowest BCUT2D eigenvalue weighted by Crippen LogP contribution is -2.22. The summed E-state index contributed by atoms with van der Waals surface area (Å²) in [5.74, 6) is 0.906. The molecule has 1 aliphatic rings. The number of hydrogen-bond acceptors (Lipinski definition) is 2. The van der Waals surface area contributed by atoms with E-state index in [-0.39, 0.29) is 5.91 Å². The number of carbonyl (C=O) groups excluding carboxylic acids is 1. The molecule has 0 aliphatic carbocycles. The molecule has 2 aromatic carbocycles. The first-order valence-electron chi connectivity index (χ1n) is 8.79. The maximum atomic E-state index is 11.3. The van der Waals surface area contributed by atoms with Crippen molar-refractivity contribution in [3.05, 3.63) is 53.6 Å². The van der Waals surface area contributed by atoms with E-state index >= 15 is 0 Å².